The molecular weight excluding hydrogens is 372 g/mol. The van der Waals surface area contributed by atoms with E-state index in [4.69, 9.17) is 0 Å². The highest BCUT2D eigenvalue weighted by atomic mass is 79.9. The zero-order chi connectivity index (χ0) is 13.8. The Morgan fingerprint density at radius 1 is 1.26 bits per heavy atom. The molecule has 2 rings (SSSR count). The summed E-state index contributed by atoms with van der Waals surface area (Å²) < 4.78 is 3.97. The first-order chi connectivity index (χ1) is 9.06. The maximum atomic E-state index is 4.44. The van der Waals surface area contributed by atoms with Crippen molar-refractivity contribution in [2.75, 3.05) is 11.9 Å². The molecule has 1 N–H and O–H groups in total. The highest BCUT2D eigenvalue weighted by molar-refractivity contribution is 9.11. The van der Waals surface area contributed by atoms with Crippen molar-refractivity contribution in [3.63, 3.8) is 0 Å². The Hall–Kier alpha value is -0.880. The minimum Gasteiger partial charge on any atom is -0.369 e. The van der Waals surface area contributed by atoms with Gasteiger partial charge in [0.05, 0.1) is 10.2 Å². The molecule has 0 aliphatic heterocycles. The molecule has 0 atom stereocenters. The van der Waals surface area contributed by atoms with Crippen LogP contribution in [0, 0.1) is 13.8 Å². The molecule has 0 aliphatic rings. The number of nitrogens with one attached hydrogen (secondary N) is 1. The van der Waals surface area contributed by atoms with Gasteiger partial charge in [0.15, 0.2) is 0 Å². The third kappa shape index (κ3) is 4.04. The maximum Gasteiger partial charge on any atom is 0.140 e. The fourth-order valence-corrected chi connectivity index (χ4v) is 3.01. The van der Waals surface area contributed by atoms with E-state index in [1.165, 1.54) is 5.69 Å². The van der Waals surface area contributed by atoms with Gasteiger partial charge in [0.2, 0.25) is 0 Å². The van der Waals surface area contributed by atoms with Crippen LogP contribution in [0.1, 0.15) is 17.8 Å². The lowest BCUT2D eigenvalue weighted by atomic mass is 10.3. The fourth-order valence-electron chi connectivity index (χ4n) is 1.88. The fraction of sp³-hybridized carbons (Fsp3) is 0.385. The number of nitrogens with zero attached hydrogens (tertiary/aromatic N) is 3. The molecule has 2 aromatic heterocycles. The normalized spacial score (nSPS) is 10.7. The molecule has 0 saturated heterocycles. The van der Waals surface area contributed by atoms with Crippen molar-refractivity contribution in [3.05, 3.63) is 38.7 Å². The average Bonchev–Trinajstić information content (AvgIpc) is 2.65. The largest absolute Gasteiger partial charge is 0.369 e. The maximum absolute atomic E-state index is 4.44. The van der Waals surface area contributed by atoms with Crippen molar-refractivity contribution < 1.29 is 0 Å². The van der Waals surface area contributed by atoms with Crippen LogP contribution in [0.5, 0.6) is 0 Å². The molecule has 6 heteroatoms. The van der Waals surface area contributed by atoms with Crippen LogP contribution in [0.3, 0.4) is 0 Å². The minimum absolute atomic E-state index is 0.867. The Morgan fingerprint density at radius 2 is 2.05 bits per heavy atom. The first-order valence-electron chi connectivity index (χ1n) is 6.12. The van der Waals surface area contributed by atoms with E-state index < -0.39 is 0 Å². The van der Waals surface area contributed by atoms with Crippen molar-refractivity contribution >= 4 is 37.7 Å². The average molecular weight is 388 g/mol. The molecule has 0 saturated carbocycles. The molecule has 0 aromatic carbocycles. The van der Waals surface area contributed by atoms with E-state index in [-0.39, 0.29) is 0 Å². The summed E-state index contributed by atoms with van der Waals surface area (Å²) >= 11 is 6.87. The molecule has 2 heterocycles. The number of aromatic nitrogens is 3. The van der Waals surface area contributed by atoms with Crippen LogP contribution < -0.4 is 5.32 Å². The highest BCUT2D eigenvalue weighted by Gasteiger charge is 2.03. The Labute approximate surface area is 129 Å². The van der Waals surface area contributed by atoms with Gasteiger partial charge in [-0.15, -0.1) is 0 Å². The van der Waals surface area contributed by atoms with E-state index in [0.717, 1.165) is 40.0 Å². The van der Waals surface area contributed by atoms with Gasteiger partial charge < -0.3 is 5.32 Å². The highest BCUT2D eigenvalue weighted by Crippen LogP contribution is 2.23. The standard InChI is InChI=1S/C13H16Br2N4/c1-9-6-10(2)19(18-9)5-3-4-16-13-12(15)7-11(14)8-17-13/h6-8H,3-5H2,1-2H3,(H,16,17). The second-order valence-corrected chi connectivity index (χ2v) is 6.18. The van der Waals surface area contributed by atoms with Crippen LogP contribution in [0.25, 0.3) is 0 Å². The Kier molecular flexibility index (Phi) is 4.99. The lowest BCUT2D eigenvalue weighted by Crippen LogP contribution is -2.10. The van der Waals surface area contributed by atoms with Crippen LogP contribution in [0.2, 0.25) is 0 Å². The van der Waals surface area contributed by atoms with E-state index in [2.05, 4.69) is 60.2 Å². The lowest BCUT2D eigenvalue weighted by Gasteiger charge is -2.08. The third-order valence-corrected chi connectivity index (χ3v) is 3.79. The molecule has 0 aliphatic carbocycles. The summed E-state index contributed by atoms with van der Waals surface area (Å²) in [7, 11) is 0. The number of pyridine rings is 1. The summed E-state index contributed by atoms with van der Waals surface area (Å²) in [6.07, 6.45) is 2.79. The van der Waals surface area contributed by atoms with Crippen LogP contribution in [0.4, 0.5) is 5.82 Å². The Morgan fingerprint density at radius 3 is 2.68 bits per heavy atom. The minimum atomic E-state index is 0.867. The third-order valence-electron chi connectivity index (χ3n) is 2.75. The monoisotopic (exact) mass is 386 g/mol. The molecule has 0 unspecified atom stereocenters. The van der Waals surface area contributed by atoms with Gasteiger partial charge in [-0.05, 0) is 64.3 Å². The van der Waals surface area contributed by atoms with Gasteiger partial charge in [0.25, 0.3) is 0 Å². The second-order valence-electron chi connectivity index (χ2n) is 4.41. The zero-order valence-electron chi connectivity index (χ0n) is 11.0. The van der Waals surface area contributed by atoms with Gasteiger partial charge in [-0.25, -0.2) is 4.98 Å². The van der Waals surface area contributed by atoms with Crippen molar-refractivity contribution in [1.29, 1.82) is 0 Å². The summed E-state index contributed by atoms with van der Waals surface area (Å²) in [6.45, 7) is 5.89. The lowest BCUT2D eigenvalue weighted by molar-refractivity contribution is 0.573. The molecule has 0 radical (unpaired) electrons. The van der Waals surface area contributed by atoms with Gasteiger partial charge >= 0.3 is 0 Å². The first-order valence-corrected chi connectivity index (χ1v) is 7.71. The Balaban J connectivity index is 1.82. The van der Waals surface area contributed by atoms with Gasteiger partial charge in [-0.3, -0.25) is 4.68 Å². The molecule has 0 bridgehead atoms. The second kappa shape index (κ2) is 6.52. The predicted molar refractivity (Wildman–Crippen MR) is 84.4 cm³/mol. The predicted octanol–water partition coefficient (Wildman–Crippen LogP) is 3.92. The van der Waals surface area contributed by atoms with Gasteiger partial charge in [0.1, 0.15) is 5.82 Å². The number of rotatable bonds is 5. The van der Waals surface area contributed by atoms with Crippen molar-refractivity contribution in [1.82, 2.24) is 14.8 Å². The van der Waals surface area contributed by atoms with Crippen LogP contribution >= 0.6 is 31.9 Å². The molecular formula is C13H16Br2N4. The Bertz CT molecular complexity index is 566. The number of hydrogen-bond donors (Lipinski definition) is 1. The molecule has 4 nitrogen and oxygen atoms in total. The van der Waals surface area contributed by atoms with Crippen LogP contribution in [0.15, 0.2) is 27.3 Å². The summed E-state index contributed by atoms with van der Waals surface area (Å²) in [5, 5.41) is 7.76. The molecule has 0 fully saturated rings. The van der Waals surface area contributed by atoms with Gasteiger partial charge in [0, 0.05) is 29.5 Å². The summed E-state index contributed by atoms with van der Waals surface area (Å²) in [6, 6.07) is 4.08. The van der Waals surface area contributed by atoms with E-state index in [9.17, 15) is 0 Å². The zero-order valence-corrected chi connectivity index (χ0v) is 14.1. The number of anilines is 1. The number of halogens is 2. The van der Waals surface area contributed by atoms with E-state index >= 15 is 0 Å². The number of aryl methyl sites for hydroxylation is 3. The molecule has 19 heavy (non-hydrogen) atoms. The molecule has 0 amide bonds. The summed E-state index contributed by atoms with van der Waals surface area (Å²) in [5.74, 6) is 0.872. The SMILES string of the molecule is Cc1cc(C)n(CCCNc2ncc(Br)cc2Br)n1. The quantitative estimate of drug-likeness (QED) is 0.790. The van der Waals surface area contributed by atoms with E-state index in [0.29, 0.717) is 0 Å². The number of hydrogen-bond acceptors (Lipinski definition) is 3. The smallest absolute Gasteiger partial charge is 0.140 e. The first kappa shape index (κ1) is 14.5. The summed E-state index contributed by atoms with van der Waals surface area (Å²) in [4.78, 5) is 4.32. The molecule has 0 spiro atoms. The van der Waals surface area contributed by atoms with E-state index in [1.807, 2.05) is 17.7 Å². The summed E-state index contributed by atoms with van der Waals surface area (Å²) in [5.41, 5.74) is 2.28. The van der Waals surface area contributed by atoms with Crippen LogP contribution in [-0.4, -0.2) is 21.3 Å². The molecule has 102 valence electrons. The molecule has 2 aromatic rings. The van der Waals surface area contributed by atoms with Crippen LogP contribution in [-0.2, 0) is 6.54 Å². The van der Waals surface area contributed by atoms with Crippen molar-refractivity contribution in [2.45, 2.75) is 26.8 Å². The topological polar surface area (TPSA) is 42.7 Å². The van der Waals surface area contributed by atoms with Gasteiger partial charge in [-0.2, -0.15) is 5.10 Å². The van der Waals surface area contributed by atoms with Gasteiger partial charge in [-0.1, -0.05) is 0 Å². The van der Waals surface area contributed by atoms with Crippen molar-refractivity contribution in [2.24, 2.45) is 0 Å². The van der Waals surface area contributed by atoms with Crippen molar-refractivity contribution in [3.8, 4) is 0 Å². The van der Waals surface area contributed by atoms with E-state index in [1.54, 1.807) is 6.20 Å².